The van der Waals surface area contributed by atoms with E-state index in [0.717, 1.165) is 28.7 Å². The first kappa shape index (κ1) is 18.4. The molecule has 0 saturated carbocycles. The number of rotatable bonds is 7. The Morgan fingerprint density at radius 2 is 1.96 bits per heavy atom. The Balaban J connectivity index is 1.50. The molecule has 0 fully saturated rings. The van der Waals surface area contributed by atoms with Crippen LogP contribution in [-0.4, -0.2) is 27.8 Å². The largest absolute Gasteiger partial charge is 0.487 e. The summed E-state index contributed by atoms with van der Waals surface area (Å²) in [5.41, 5.74) is 3.10. The molecular weight excluding hydrogens is 340 g/mol. The molecule has 0 bridgehead atoms. The van der Waals surface area contributed by atoms with Gasteiger partial charge in [0.25, 0.3) is 0 Å². The lowest BCUT2D eigenvalue weighted by molar-refractivity contribution is 0.301. The summed E-state index contributed by atoms with van der Waals surface area (Å²) >= 11 is 0. The number of aromatic nitrogens is 3. The van der Waals surface area contributed by atoms with E-state index in [4.69, 9.17) is 4.74 Å². The predicted molar refractivity (Wildman–Crippen MR) is 105 cm³/mol. The molecule has 3 rings (SSSR count). The van der Waals surface area contributed by atoms with Gasteiger partial charge in [0.15, 0.2) is 5.96 Å². The van der Waals surface area contributed by atoms with Crippen LogP contribution >= 0.6 is 0 Å². The van der Waals surface area contributed by atoms with Crippen LogP contribution in [0.15, 0.2) is 65.9 Å². The van der Waals surface area contributed by atoms with Crippen molar-refractivity contribution >= 4 is 5.96 Å². The summed E-state index contributed by atoms with van der Waals surface area (Å²) in [6, 6.07) is 15.8. The summed E-state index contributed by atoms with van der Waals surface area (Å²) in [5, 5.41) is 10.8. The highest BCUT2D eigenvalue weighted by Gasteiger charge is 2.03. The number of aryl methyl sites for hydroxylation is 1. The maximum atomic E-state index is 5.83. The number of benzene rings is 1. The molecule has 0 aliphatic heterocycles. The van der Waals surface area contributed by atoms with Gasteiger partial charge in [-0.15, -0.1) is 0 Å². The van der Waals surface area contributed by atoms with Crippen LogP contribution in [0.2, 0.25) is 0 Å². The zero-order chi connectivity index (χ0) is 18.9. The van der Waals surface area contributed by atoms with Crippen molar-refractivity contribution < 1.29 is 4.74 Å². The van der Waals surface area contributed by atoms with Gasteiger partial charge in [-0.2, -0.15) is 5.10 Å². The molecule has 0 saturated heterocycles. The molecule has 0 spiro atoms. The van der Waals surface area contributed by atoms with E-state index < -0.39 is 0 Å². The predicted octanol–water partition coefficient (Wildman–Crippen LogP) is 2.26. The van der Waals surface area contributed by atoms with Crippen molar-refractivity contribution in [2.75, 3.05) is 7.05 Å². The van der Waals surface area contributed by atoms with Gasteiger partial charge in [-0.3, -0.25) is 14.7 Å². The molecule has 2 aromatic heterocycles. The van der Waals surface area contributed by atoms with Crippen LogP contribution in [0, 0.1) is 0 Å². The van der Waals surface area contributed by atoms with Crippen LogP contribution in [0.1, 0.15) is 17.0 Å². The number of nitrogens with one attached hydrogen (secondary N) is 2. The van der Waals surface area contributed by atoms with Crippen molar-refractivity contribution in [1.82, 2.24) is 25.4 Å². The van der Waals surface area contributed by atoms with Gasteiger partial charge < -0.3 is 15.4 Å². The smallest absolute Gasteiger partial charge is 0.191 e. The first-order chi connectivity index (χ1) is 13.2. The number of pyridine rings is 1. The summed E-state index contributed by atoms with van der Waals surface area (Å²) in [6.45, 7) is 1.75. The maximum Gasteiger partial charge on any atom is 0.191 e. The van der Waals surface area contributed by atoms with Crippen molar-refractivity contribution in [3.05, 3.63) is 77.9 Å². The average Bonchev–Trinajstić information content (AvgIpc) is 3.12. The van der Waals surface area contributed by atoms with Gasteiger partial charge in [0.1, 0.15) is 12.4 Å². The fourth-order valence-corrected chi connectivity index (χ4v) is 2.54. The zero-order valence-corrected chi connectivity index (χ0v) is 15.6. The standard InChI is InChI=1S/C20H24N6O/c1-21-20(24-14-18-9-11-25-26(18)2)23-13-16-6-5-8-19(12-16)27-15-17-7-3-4-10-22-17/h3-12H,13-15H2,1-2H3,(H2,21,23,24). The molecular formula is C20H24N6O. The van der Waals surface area contributed by atoms with Gasteiger partial charge in [-0.1, -0.05) is 18.2 Å². The molecule has 0 aliphatic carbocycles. The monoisotopic (exact) mass is 364 g/mol. The Bertz CT molecular complexity index is 875. The number of nitrogens with zero attached hydrogens (tertiary/aromatic N) is 4. The SMILES string of the molecule is CN=C(NCc1cccc(OCc2ccccn2)c1)NCc1ccnn1C. The molecule has 0 unspecified atom stereocenters. The second-order valence-corrected chi connectivity index (χ2v) is 5.98. The normalized spacial score (nSPS) is 11.3. The molecule has 2 N–H and O–H groups in total. The van der Waals surface area contributed by atoms with Gasteiger partial charge in [0.2, 0.25) is 0 Å². The minimum atomic E-state index is 0.450. The van der Waals surface area contributed by atoms with Gasteiger partial charge >= 0.3 is 0 Å². The molecule has 0 amide bonds. The van der Waals surface area contributed by atoms with E-state index in [1.54, 1.807) is 19.4 Å². The summed E-state index contributed by atoms with van der Waals surface area (Å²) < 4.78 is 7.67. The average molecular weight is 364 g/mol. The van der Waals surface area contributed by atoms with Gasteiger partial charge in [0, 0.05) is 33.0 Å². The molecule has 0 aliphatic rings. The van der Waals surface area contributed by atoms with E-state index in [1.165, 1.54) is 0 Å². The Kier molecular flexibility index (Phi) is 6.40. The molecule has 3 aromatic rings. The van der Waals surface area contributed by atoms with Crippen molar-refractivity contribution in [3.63, 3.8) is 0 Å². The van der Waals surface area contributed by atoms with Gasteiger partial charge in [-0.25, -0.2) is 0 Å². The van der Waals surface area contributed by atoms with E-state index in [1.807, 2.05) is 54.2 Å². The second-order valence-electron chi connectivity index (χ2n) is 5.98. The number of ether oxygens (including phenoxy) is 1. The van der Waals surface area contributed by atoms with Gasteiger partial charge in [-0.05, 0) is 35.9 Å². The Morgan fingerprint density at radius 3 is 2.70 bits per heavy atom. The van der Waals surface area contributed by atoms with Crippen LogP contribution in [0.3, 0.4) is 0 Å². The van der Waals surface area contributed by atoms with Crippen LogP contribution in [0.4, 0.5) is 0 Å². The van der Waals surface area contributed by atoms with Crippen LogP contribution in [0.25, 0.3) is 0 Å². The van der Waals surface area contributed by atoms with Crippen LogP contribution < -0.4 is 15.4 Å². The topological polar surface area (TPSA) is 76.4 Å². The maximum absolute atomic E-state index is 5.83. The Hall–Kier alpha value is -3.35. The first-order valence-corrected chi connectivity index (χ1v) is 8.77. The molecule has 2 heterocycles. The van der Waals surface area contributed by atoms with Crippen molar-refractivity contribution in [2.24, 2.45) is 12.0 Å². The van der Waals surface area contributed by atoms with Crippen molar-refractivity contribution in [3.8, 4) is 5.75 Å². The number of guanidine groups is 1. The molecule has 0 atom stereocenters. The van der Waals surface area contributed by atoms with Crippen molar-refractivity contribution in [1.29, 1.82) is 0 Å². The summed E-state index contributed by atoms with van der Waals surface area (Å²) in [5.74, 6) is 1.55. The highest BCUT2D eigenvalue weighted by Crippen LogP contribution is 2.14. The number of hydrogen-bond donors (Lipinski definition) is 2. The fourth-order valence-electron chi connectivity index (χ4n) is 2.54. The van der Waals surface area contributed by atoms with E-state index in [-0.39, 0.29) is 0 Å². The van der Waals surface area contributed by atoms with E-state index in [0.29, 0.717) is 19.7 Å². The summed E-state index contributed by atoms with van der Waals surface area (Å²) in [6.07, 6.45) is 3.55. The third kappa shape index (κ3) is 5.57. The van der Waals surface area contributed by atoms with Gasteiger partial charge in [0.05, 0.1) is 17.9 Å². The molecule has 7 nitrogen and oxygen atoms in total. The molecule has 140 valence electrons. The molecule has 7 heteroatoms. The highest BCUT2D eigenvalue weighted by atomic mass is 16.5. The zero-order valence-electron chi connectivity index (χ0n) is 15.6. The lowest BCUT2D eigenvalue weighted by Crippen LogP contribution is -2.36. The third-order valence-corrected chi connectivity index (χ3v) is 4.05. The van der Waals surface area contributed by atoms with Crippen molar-refractivity contribution in [2.45, 2.75) is 19.7 Å². The van der Waals surface area contributed by atoms with E-state index in [2.05, 4.69) is 31.8 Å². The Labute approximate surface area is 159 Å². The minimum Gasteiger partial charge on any atom is -0.487 e. The lowest BCUT2D eigenvalue weighted by Gasteiger charge is -2.13. The Morgan fingerprint density at radius 1 is 1.07 bits per heavy atom. The lowest BCUT2D eigenvalue weighted by atomic mass is 10.2. The molecule has 1 aromatic carbocycles. The number of aliphatic imine (C=N–C) groups is 1. The third-order valence-electron chi connectivity index (χ3n) is 4.05. The summed E-state index contributed by atoms with van der Waals surface area (Å²) in [4.78, 5) is 8.52. The summed E-state index contributed by atoms with van der Waals surface area (Å²) in [7, 11) is 3.68. The molecule has 0 radical (unpaired) electrons. The number of hydrogen-bond acceptors (Lipinski definition) is 4. The van der Waals surface area contributed by atoms with Crippen LogP contribution in [-0.2, 0) is 26.7 Å². The quantitative estimate of drug-likeness (QED) is 0.497. The van der Waals surface area contributed by atoms with E-state index in [9.17, 15) is 0 Å². The first-order valence-electron chi connectivity index (χ1n) is 8.77. The molecule has 27 heavy (non-hydrogen) atoms. The van der Waals surface area contributed by atoms with E-state index >= 15 is 0 Å². The minimum absolute atomic E-state index is 0.450. The highest BCUT2D eigenvalue weighted by molar-refractivity contribution is 5.79. The fraction of sp³-hybridized carbons (Fsp3) is 0.250. The second kappa shape index (κ2) is 9.38. The van der Waals surface area contributed by atoms with Crippen LogP contribution in [0.5, 0.6) is 5.75 Å².